The summed E-state index contributed by atoms with van der Waals surface area (Å²) in [6.45, 7) is 9.52. The van der Waals surface area contributed by atoms with E-state index in [2.05, 4.69) is 21.6 Å². The van der Waals surface area contributed by atoms with Gasteiger partial charge >= 0.3 is 5.91 Å². The summed E-state index contributed by atoms with van der Waals surface area (Å²) < 4.78 is 6.35. The van der Waals surface area contributed by atoms with Gasteiger partial charge in [0, 0.05) is 52.6 Å². The molecule has 32 heavy (non-hydrogen) atoms. The number of carbonyl (C=O) groups excluding carboxylic acids is 1. The molecule has 0 saturated heterocycles. The SMILES string of the molecule is CCN=c1cc2oc3cc(NCC)c(C)cc3c(-c3ccccc3C(=O)N=O)c-2cc1C. The number of nitrogens with one attached hydrogen (secondary N) is 1. The first-order chi connectivity index (χ1) is 15.5. The number of hydrogen-bond donors (Lipinski definition) is 1. The van der Waals surface area contributed by atoms with Gasteiger partial charge < -0.3 is 9.73 Å². The van der Waals surface area contributed by atoms with E-state index >= 15 is 0 Å². The van der Waals surface area contributed by atoms with Gasteiger partial charge in [-0.1, -0.05) is 18.2 Å². The normalized spacial score (nSPS) is 11.8. The number of amides is 1. The van der Waals surface area contributed by atoms with Crippen LogP contribution in [0.4, 0.5) is 5.69 Å². The first-order valence-corrected chi connectivity index (χ1v) is 10.7. The van der Waals surface area contributed by atoms with E-state index in [-0.39, 0.29) is 5.56 Å². The molecule has 0 radical (unpaired) electrons. The highest BCUT2D eigenvalue weighted by molar-refractivity contribution is 6.09. The standard InChI is InChI=1S/C26H25N3O3/c1-5-27-21-13-23-19(11-15(21)3)25(17-9-7-8-10-18(17)26(30)29-31)20-12-16(4)22(28-6-2)14-24(20)32-23/h7-14,27H,5-6H2,1-4H3. The molecule has 0 atom stereocenters. The van der Waals surface area contributed by atoms with Crippen LogP contribution in [0.5, 0.6) is 0 Å². The van der Waals surface area contributed by atoms with Crippen LogP contribution in [0.15, 0.2) is 63.1 Å². The van der Waals surface area contributed by atoms with E-state index in [1.165, 1.54) is 0 Å². The number of benzene rings is 3. The minimum atomic E-state index is -0.794. The Morgan fingerprint density at radius 3 is 2.50 bits per heavy atom. The number of nitrogens with zero attached hydrogens (tertiary/aromatic N) is 2. The van der Waals surface area contributed by atoms with Crippen molar-refractivity contribution < 1.29 is 9.21 Å². The lowest BCUT2D eigenvalue weighted by atomic mass is 9.89. The highest BCUT2D eigenvalue weighted by Gasteiger charge is 2.23. The number of hydrogen-bond acceptors (Lipinski definition) is 5. The Morgan fingerprint density at radius 2 is 1.78 bits per heavy atom. The zero-order valence-corrected chi connectivity index (χ0v) is 18.7. The van der Waals surface area contributed by atoms with Crippen LogP contribution < -0.4 is 10.7 Å². The number of rotatable bonds is 5. The van der Waals surface area contributed by atoms with Gasteiger partial charge in [0.05, 0.1) is 10.9 Å². The summed E-state index contributed by atoms with van der Waals surface area (Å²) in [5.41, 5.74) is 6.34. The number of nitroso groups, excluding NO2 is 1. The van der Waals surface area contributed by atoms with Crippen LogP contribution in [0.2, 0.25) is 0 Å². The van der Waals surface area contributed by atoms with E-state index in [4.69, 9.17) is 4.42 Å². The van der Waals surface area contributed by atoms with E-state index in [0.717, 1.165) is 45.2 Å². The van der Waals surface area contributed by atoms with Gasteiger partial charge in [-0.15, -0.1) is 4.91 Å². The Balaban J connectivity index is 2.20. The lowest BCUT2D eigenvalue weighted by Crippen LogP contribution is -2.09. The lowest BCUT2D eigenvalue weighted by Gasteiger charge is -2.19. The van der Waals surface area contributed by atoms with Crippen LogP contribution in [-0.2, 0) is 0 Å². The van der Waals surface area contributed by atoms with Crippen molar-refractivity contribution in [1.29, 1.82) is 0 Å². The summed E-state index contributed by atoms with van der Waals surface area (Å²) in [4.78, 5) is 28.1. The van der Waals surface area contributed by atoms with Gasteiger partial charge in [-0.05, 0) is 62.6 Å². The second-order valence-electron chi connectivity index (χ2n) is 7.72. The molecule has 162 valence electrons. The zero-order valence-electron chi connectivity index (χ0n) is 18.7. The Morgan fingerprint density at radius 1 is 1.00 bits per heavy atom. The minimum Gasteiger partial charge on any atom is -0.456 e. The molecule has 0 spiro atoms. The molecule has 2 aromatic carbocycles. The van der Waals surface area contributed by atoms with Crippen LogP contribution in [0.25, 0.3) is 33.4 Å². The Labute approximate surface area is 186 Å². The average Bonchev–Trinajstić information content (AvgIpc) is 2.79. The van der Waals surface area contributed by atoms with Crippen molar-refractivity contribution in [3.8, 4) is 22.5 Å². The minimum absolute atomic E-state index is 0.268. The molecule has 1 aliphatic carbocycles. The molecule has 0 saturated carbocycles. The molecule has 0 aromatic heterocycles. The van der Waals surface area contributed by atoms with E-state index < -0.39 is 5.91 Å². The number of aryl methyl sites for hydroxylation is 2. The van der Waals surface area contributed by atoms with Gasteiger partial charge in [-0.2, -0.15) is 0 Å². The molecule has 6 heteroatoms. The summed E-state index contributed by atoms with van der Waals surface area (Å²) in [5, 5.41) is 7.78. The molecule has 0 bridgehead atoms. The fraction of sp³-hybridized carbons (Fsp3) is 0.231. The molecule has 0 fully saturated rings. The highest BCUT2D eigenvalue weighted by atomic mass is 16.3. The molecule has 1 amide bonds. The molecular weight excluding hydrogens is 402 g/mol. The molecule has 0 unspecified atom stereocenters. The van der Waals surface area contributed by atoms with Crippen LogP contribution in [0.3, 0.4) is 0 Å². The maximum atomic E-state index is 12.4. The topological polar surface area (TPSA) is 84.0 Å². The fourth-order valence-corrected chi connectivity index (χ4v) is 4.14. The summed E-state index contributed by atoms with van der Waals surface area (Å²) in [6, 6.07) is 15.1. The molecule has 1 heterocycles. The number of anilines is 1. The lowest BCUT2D eigenvalue weighted by molar-refractivity contribution is 0.100. The monoisotopic (exact) mass is 427 g/mol. The van der Waals surface area contributed by atoms with Gasteiger partial charge in [0.25, 0.3) is 0 Å². The van der Waals surface area contributed by atoms with Crippen LogP contribution in [0.1, 0.15) is 35.3 Å². The van der Waals surface area contributed by atoms with E-state index in [1.807, 2.05) is 58.0 Å². The summed E-state index contributed by atoms with van der Waals surface area (Å²) >= 11 is 0. The van der Waals surface area contributed by atoms with Crippen molar-refractivity contribution in [3.05, 3.63) is 75.5 Å². The first kappa shape index (κ1) is 21.4. The third-order valence-corrected chi connectivity index (χ3v) is 5.59. The average molecular weight is 428 g/mol. The number of fused-ring (bicyclic) bond motifs is 2. The predicted molar refractivity (Wildman–Crippen MR) is 128 cm³/mol. The summed E-state index contributed by atoms with van der Waals surface area (Å²) in [7, 11) is 0. The van der Waals surface area contributed by atoms with Crippen LogP contribution in [0, 0.1) is 18.8 Å². The summed E-state index contributed by atoms with van der Waals surface area (Å²) in [5.74, 6) is -0.129. The van der Waals surface area contributed by atoms with E-state index in [0.29, 0.717) is 23.5 Å². The molecule has 2 aliphatic rings. The molecule has 1 N–H and O–H groups in total. The second kappa shape index (κ2) is 8.75. The van der Waals surface area contributed by atoms with Crippen molar-refractivity contribution in [3.63, 3.8) is 0 Å². The van der Waals surface area contributed by atoms with Gasteiger partial charge in [0.2, 0.25) is 0 Å². The van der Waals surface area contributed by atoms with Gasteiger partial charge in [-0.3, -0.25) is 9.79 Å². The highest BCUT2D eigenvalue weighted by Crippen LogP contribution is 2.42. The van der Waals surface area contributed by atoms with Crippen molar-refractivity contribution >= 4 is 22.6 Å². The van der Waals surface area contributed by atoms with Gasteiger partial charge in [0.1, 0.15) is 11.3 Å². The predicted octanol–water partition coefficient (Wildman–Crippen LogP) is 6.08. The second-order valence-corrected chi connectivity index (χ2v) is 7.72. The van der Waals surface area contributed by atoms with Crippen molar-refractivity contribution in [1.82, 2.24) is 0 Å². The number of carbonyl (C=O) groups is 1. The Kier molecular flexibility index (Phi) is 5.86. The van der Waals surface area contributed by atoms with E-state index in [9.17, 15) is 9.70 Å². The maximum absolute atomic E-state index is 12.4. The van der Waals surface area contributed by atoms with Gasteiger partial charge in [-0.25, -0.2) is 0 Å². The zero-order chi connectivity index (χ0) is 22.8. The Bertz CT molecular complexity index is 1390. The van der Waals surface area contributed by atoms with Crippen molar-refractivity contribution in [2.24, 2.45) is 10.2 Å². The quantitative estimate of drug-likeness (QED) is 0.309. The molecule has 6 nitrogen and oxygen atoms in total. The summed E-state index contributed by atoms with van der Waals surface area (Å²) in [6.07, 6.45) is 0. The van der Waals surface area contributed by atoms with Crippen LogP contribution in [-0.4, -0.2) is 19.0 Å². The molecule has 1 aliphatic heterocycles. The first-order valence-electron chi connectivity index (χ1n) is 10.7. The van der Waals surface area contributed by atoms with Crippen LogP contribution >= 0.6 is 0 Å². The van der Waals surface area contributed by atoms with Crippen molar-refractivity contribution in [2.45, 2.75) is 27.7 Å². The maximum Gasteiger partial charge on any atom is 0.317 e. The van der Waals surface area contributed by atoms with Gasteiger partial charge in [0.15, 0.2) is 0 Å². The fourth-order valence-electron chi connectivity index (χ4n) is 4.14. The van der Waals surface area contributed by atoms with Crippen molar-refractivity contribution in [2.75, 3.05) is 18.4 Å². The van der Waals surface area contributed by atoms with E-state index in [1.54, 1.807) is 12.1 Å². The molecule has 2 aromatic rings. The molecular formula is C26H25N3O3. The Hall–Kier alpha value is -3.80. The third kappa shape index (κ3) is 3.68. The smallest absolute Gasteiger partial charge is 0.317 e. The largest absolute Gasteiger partial charge is 0.456 e. The molecule has 4 rings (SSSR count). The third-order valence-electron chi connectivity index (χ3n) is 5.59.